The third-order valence-corrected chi connectivity index (χ3v) is 0.129. The second-order valence-electron chi connectivity index (χ2n) is 0.512. The predicted molar refractivity (Wildman–Crippen MR) is 18.1 cm³/mol. The average Bonchev–Trinajstić information content (AvgIpc) is 1.37. The molecule has 4 N–H and O–H groups in total. The van der Waals surface area contributed by atoms with Crippen molar-refractivity contribution < 1.29 is 62.0 Å². The van der Waals surface area contributed by atoms with Crippen LogP contribution in [-0.4, -0.2) is 23.7 Å². The van der Waals surface area contributed by atoms with Gasteiger partial charge in [0.25, 0.3) is 0 Å². The Morgan fingerprint density at radius 1 is 1.50 bits per heavy atom. The van der Waals surface area contributed by atoms with Crippen LogP contribution in [0.15, 0.2) is 0 Å². The van der Waals surface area contributed by atoms with E-state index in [1.807, 2.05) is 0 Å². The minimum atomic E-state index is 0. The Kier molecular flexibility index (Phi) is 41.8. The molecule has 0 unspecified atom stereocenters. The molecule has 0 aliphatic heterocycles. The molecule has 0 saturated heterocycles. The fourth-order valence-electron chi connectivity index (χ4n) is 0. The first-order chi connectivity index (χ1) is 1.91. The maximum atomic E-state index is 7.75. The average molecular weight is 117 g/mol. The van der Waals surface area contributed by atoms with Crippen molar-refractivity contribution >= 4 is 0 Å². The van der Waals surface area contributed by atoms with E-state index in [1.165, 1.54) is 0 Å². The summed E-state index contributed by atoms with van der Waals surface area (Å²) in [6.07, 6.45) is 0. The molecule has 3 nitrogen and oxygen atoms in total. The van der Waals surface area contributed by atoms with Crippen molar-refractivity contribution in [3.05, 3.63) is 0 Å². The van der Waals surface area contributed by atoms with Gasteiger partial charge >= 0.3 is 51.4 Å². The normalized spacial score (nSPS) is 5.00. The summed E-state index contributed by atoms with van der Waals surface area (Å²) in [5.41, 5.74) is 4.78. The molecule has 0 heterocycles. The van der Waals surface area contributed by atoms with E-state index in [0.717, 1.165) is 0 Å². The molecule has 0 amide bonds. The van der Waals surface area contributed by atoms with Crippen LogP contribution in [0.4, 0.5) is 0 Å². The number of hydrogen-bond donors (Lipinski definition) is 2. The summed E-state index contributed by atoms with van der Waals surface area (Å²) < 4.78 is 0. The van der Waals surface area contributed by atoms with E-state index in [2.05, 4.69) is 0 Å². The van der Waals surface area contributed by atoms with Crippen molar-refractivity contribution in [3.63, 3.8) is 0 Å². The Balaban J connectivity index is -0.0000000450. The summed E-state index contributed by atoms with van der Waals surface area (Å²) >= 11 is 0. The zero-order chi connectivity index (χ0) is 3.41. The Morgan fingerprint density at radius 2 is 1.67 bits per heavy atom. The van der Waals surface area contributed by atoms with Crippen molar-refractivity contribution in [2.75, 3.05) is 13.2 Å². The molecule has 0 atom stereocenters. The number of aliphatic hydroxyl groups excluding tert-OH is 1. The number of rotatable bonds is 1. The Morgan fingerprint density at radius 3 is 1.67 bits per heavy atom. The van der Waals surface area contributed by atoms with Gasteiger partial charge < -0.3 is 16.3 Å². The molecule has 0 aromatic rings. The summed E-state index contributed by atoms with van der Waals surface area (Å²) in [4.78, 5) is 0. The molecule has 0 rings (SSSR count). The molecular weight excluding hydrogens is 109 g/mol. The standard InChI is InChI=1S/C2H7NO.K.H2O/c3-1-2-4;;/h4H,1-3H2;;1H2/q;+1;/p-1. The van der Waals surface area contributed by atoms with Gasteiger partial charge in [0.2, 0.25) is 0 Å². The van der Waals surface area contributed by atoms with Gasteiger partial charge in [-0.15, -0.1) is 0 Å². The smallest absolute Gasteiger partial charge is 0.870 e. The predicted octanol–water partition coefficient (Wildman–Crippen LogP) is -4.24. The molecule has 0 spiro atoms. The molecular formula is C2H8KNO2. The van der Waals surface area contributed by atoms with Crippen LogP contribution in [0.25, 0.3) is 0 Å². The van der Waals surface area contributed by atoms with Gasteiger partial charge in [-0.25, -0.2) is 0 Å². The molecule has 0 radical (unpaired) electrons. The van der Waals surface area contributed by atoms with Crippen molar-refractivity contribution in [1.82, 2.24) is 0 Å². The van der Waals surface area contributed by atoms with E-state index in [9.17, 15) is 0 Å². The Hall–Kier alpha value is 1.52. The maximum Gasteiger partial charge on any atom is 1.00 e. The monoisotopic (exact) mass is 117 g/mol. The SMILES string of the molecule is NCCO.[K+].[OH-]. The van der Waals surface area contributed by atoms with Gasteiger partial charge in [0, 0.05) is 6.54 Å². The summed E-state index contributed by atoms with van der Waals surface area (Å²) in [5, 5.41) is 7.75. The van der Waals surface area contributed by atoms with Crippen molar-refractivity contribution in [2.45, 2.75) is 0 Å². The first kappa shape index (κ1) is 15.6. The number of nitrogens with two attached hydrogens (primary N) is 1. The number of hydrogen-bond acceptors (Lipinski definition) is 3. The molecule has 0 aliphatic carbocycles. The van der Waals surface area contributed by atoms with Crippen molar-refractivity contribution in [2.24, 2.45) is 5.73 Å². The van der Waals surface area contributed by atoms with Crippen LogP contribution in [0, 0.1) is 0 Å². The van der Waals surface area contributed by atoms with Crippen LogP contribution in [-0.2, 0) is 0 Å². The Bertz CT molecular complexity index is 13.5. The van der Waals surface area contributed by atoms with E-state index < -0.39 is 0 Å². The maximum absolute atomic E-state index is 7.75. The molecule has 0 aromatic heterocycles. The zero-order valence-electron chi connectivity index (χ0n) is 3.89. The third kappa shape index (κ3) is 17.8. The molecule has 6 heavy (non-hydrogen) atoms. The molecule has 34 valence electrons. The van der Waals surface area contributed by atoms with Gasteiger partial charge in [-0.05, 0) is 0 Å². The molecule has 0 aliphatic rings. The van der Waals surface area contributed by atoms with Gasteiger partial charge in [-0.2, -0.15) is 0 Å². The van der Waals surface area contributed by atoms with Crippen LogP contribution < -0.4 is 57.1 Å². The van der Waals surface area contributed by atoms with Gasteiger partial charge in [0.05, 0.1) is 6.61 Å². The van der Waals surface area contributed by atoms with Gasteiger partial charge in [0.1, 0.15) is 0 Å². The summed E-state index contributed by atoms with van der Waals surface area (Å²) in [5.74, 6) is 0. The van der Waals surface area contributed by atoms with Gasteiger partial charge in [0.15, 0.2) is 0 Å². The largest absolute Gasteiger partial charge is 1.00 e. The quantitative estimate of drug-likeness (QED) is 0.342. The van der Waals surface area contributed by atoms with E-state index in [1.54, 1.807) is 0 Å². The van der Waals surface area contributed by atoms with E-state index in [0.29, 0.717) is 6.54 Å². The summed E-state index contributed by atoms with van der Waals surface area (Å²) in [7, 11) is 0. The van der Waals surface area contributed by atoms with Crippen LogP contribution in [0.5, 0.6) is 0 Å². The fraction of sp³-hybridized carbons (Fsp3) is 1.00. The van der Waals surface area contributed by atoms with Crippen LogP contribution in [0.1, 0.15) is 0 Å². The van der Waals surface area contributed by atoms with Gasteiger partial charge in [-0.1, -0.05) is 0 Å². The zero-order valence-corrected chi connectivity index (χ0v) is 7.01. The second kappa shape index (κ2) is 16.0. The molecule has 0 bridgehead atoms. The molecule has 0 saturated carbocycles. The van der Waals surface area contributed by atoms with Crippen LogP contribution in [0.3, 0.4) is 0 Å². The molecule has 4 heteroatoms. The summed E-state index contributed by atoms with van der Waals surface area (Å²) in [6.45, 7) is 0.472. The first-order valence-corrected chi connectivity index (χ1v) is 1.22. The molecule has 0 aromatic carbocycles. The van der Waals surface area contributed by atoms with Crippen LogP contribution >= 0.6 is 0 Å². The van der Waals surface area contributed by atoms with Crippen molar-refractivity contribution in [3.8, 4) is 0 Å². The van der Waals surface area contributed by atoms with Crippen LogP contribution in [0.2, 0.25) is 0 Å². The van der Waals surface area contributed by atoms with E-state index >= 15 is 0 Å². The third-order valence-electron chi connectivity index (χ3n) is 0.129. The van der Waals surface area contributed by atoms with Gasteiger partial charge in [-0.3, -0.25) is 0 Å². The minimum Gasteiger partial charge on any atom is -0.870 e. The second-order valence-corrected chi connectivity index (χ2v) is 0.512. The first-order valence-electron chi connectivity index (χ1n) is 1.22. The minimum absolute atomic E-state index is 0. The number of aliphatic hydroxyl groups is 1. The summed E-state index contributed by atoms with van der Waals surface area (Å²) in [6, 6.07) is 0. The Labute approximate surface area is 79.6 Å². The fourth-order valence-corrected chi connectivity index (χ4v) is 0. The molecule has 0 fully saturated rings. The van der Waals surface area contributed by atoms with E-state index in [4.69, 9.17) is 10.8 Å². The van der Waals surface area contributed by atoms with Crippen molar-refractivity contribution in [1.29, 1.82) is 0 Å². The van der Waals surface area contributed by atoms with E-state index in [-0.39, 0.29) is 63.5 Å². The topological polar surface area (TPSA) is 76.2 Å².